The van der Waals surface area contributed by atoms with E-state index in [9.17, 15) is 4.39 Å². The third-order valence-corrected chi connectivity index (χ3v) is 3.90. The first-order valence-electron chi connectivity index (χ1n) is 6.61. The van der Waals surface area contributed by atoms with Gasteiger partial charge in [-0.3, -0.25) is 0 Å². The van der Waals surface area contributed by atoms with Gasteiger partial charge in [-0.15, -0.1) is 0 Å². The van der Waals surface area contributed by atoms with Gasteiger partial charge in [0.2, 0.25) is 0 Å². The van der Waals surface area contributed by atoms with Crippen molar-refractivity contribution in [3.8, 4) is 5.75 Å². The molecule has 4 heteroatoms. The van der Waals surface area contributed by atoms with Crippen LogP contribution in [-0.4, -0.2) is 12.6 Å². The predicted molar refractivity (Wildman–Crippen MR) is 80.4 cm³/mol. The van der Waals surface area contributed by atoms with E-state index in [0.717, 1.165) is 16.6 Å². The molecule has 0 bridgehead atoms. The van der Waals surface area contributed by atoms with Crippen LogP contribution in [0.2, 0.25) is 0 Å². The summed E-state index contributed by atoms with van der Waals surface area (Å²) in [5.74, 6) is 0.783. The topological polar surface area (TPSA) is 21.3 Å². The Labute approximate surface area is 126 Å². The molecule has 1 atom stereocenters. The van der Waals surface area contributed by atoms with E-state index >= 15 is 0 Å². The number of nitrogens with one attached hydrogen (secondary N) is 1. The van der Waals surface area contributed by atoms with E-state index < -0.39 is 0 Å². The van der Waals surface area contributed by atoms with Gasteiger partial charge >= 0.3 is 0 Å². The summed E-state index contributed by atoms with van der Waals surface area (Å²) in [6, 6.07) is 12.9. The fraction of sp³-hybridized carbons (Fsp3) is 0.250. The molecule has 1 aliphatic heterocycles. The molecular formula is C16H15BrFNO. The Kier molecular flexibility index (Phi) is 4.03. The molecule has 0 saturated heterocycles. The van der Waals surface area contributed by atoms with E-state index in [1.807, 2.05) is 18.2 Å². The smallest absolute Gasteiger partial charge is 0.127 e. The maximum absolute atomic E-state index is 13.5. The molecule has 1 unspecified atom stereocenters. The van der Waals surface area contributed by atoms with E-state index in [-0.39, 0.29) is 11.9 Å². The minimum absolute atomic E-state index is 0.117. The Balaban J connectivity index is 1.53. The molecule has 1 N–H and O–H groups in total. The van der Waals surface area contributed by atoms with Crippen LogP contribution in [0.5, 0.6) is 5.75 Å². The number of hydrogen-bond donors (Lipinski definition) is 1. The molecule has 0 aliphatic carbocycles. The first-order valence-corrected chi connectivity index (χ1v) is 7.41. The van der Waals surface area contributed by atoms with Crippen LogP contribution < -0.4 is 10.1 Å². The maximum atomic E-state index is 13.5. The number of hydrogen-bond acceptors (Lipinski definition) is 2. The summed E-state index contributed by atoms with van der Waals surface area (Å²) < 4.78 is 20.4. The molecule has 3 rings (SSSR count). The number of fused-ring (bicyclic) bond motifs is 1. The quantitative estimate of drug-likeness (QED) is 0.920. The van der Waals surface area contributed by atoms with Crippen molar-refractivity contribution in [1.29, 1.82) is 0 Å². The Morgan fingerprint density at radius 3 is 2.95 bits per heavy atom. The van der Waals surface area contributed by atoms with E-state index in [4.69, 9.17) is 4.74 Å². The van der Waals surface area contributed by atoms with E-state index in [0.29, 0.717) is 18.7 Å². The van der Waals surface area contributed by atoms with Gasteiger partial charge in [-0.1, -0.05) is 34.1 Å². The molecule has 1 heterocycles. The predicted octanol–water partition coefficient (Wildman–Crippen LogP) is 3.68. The molecule has 0 amide bonds. The molecule has 2 aromatic rings. The summed E-state index contributed by atoms with van der Waals surface area (Å²) in [6.45, 7) is 1.23. The molecular weight excluding hydrogens is 321 g/mol. The number of ether oxygens (including phenoxy) is 1. The molecule has 0 radical (unpaired) electrons. The first-order chi connectivity index (χ1) is 9.72. The van der Waals surface area contributed by atoms with Gasteiger partial charge in [0.15, 0.2) is 0 Å². The lowest BCUT2D eigenvalue weighted by molar-refractivity contribution is 0.227. The Morgan fingerprint density at radius 1 is 1.25 bits per heavy atom. The van der Waals surface area contributed by atoms with Gasteiger partial charge in [-0.05, 0) is 29.8 Å². The van der Waals surface area contributed by atoms with Crippen LogP contribution in [0.4, 0.5) is 4.39 Å². The van der Waals surface area contributed by atoms with Crippen LogP contribution in [-0.2, 0) is 13.0 Å². The average molecular weight is 336 g/mol. The number of halogens is 2. The second-order valence-electron chi connectivity index (χ2n) is 4.92. The van der Waals surface area contributed by atoms with E-state index in [1.54, 1.807) is 12.1 Å². The van der Waals surface area contributed by atoms with Crippen molar-refractivity contribution >= 4 is 15.9 Å². The summed E-state index contributed by atoms with van der Waals surface area (Å²) in [4.78, 5) is 0. The third-order valence-electron chi connectivity index (χ3n) is 3.41. The Bertz CT molecular complexity index is 617. The fourth-order valence-electron chi connectivity index (χ4n) is 2.41. The Hall–Kier alpha value is -1.39. The maximum Gasteiger partial charge on any atom is 0.127 e. The molecule has 0 saturated carbocycles. The lowest BCUT2D eigenvalue weighted by atomic mass is 10.1. The second-order valence-corrected chi connectivity index (χ2v) is 5.83. The summed E-state index contributed by atoms with van der Waals surface area (Å²) >= 11 is 3.46. The van der Waals surface area contributed by atoms with Crippen molar-refractivity contribution in [2.75, 3.05) is 6.54 Å². The van der Waals surface area contributed by atoms with Gasteiger partial charge in [-0.2, -0.15) is 0 Å². The van der Waals surface area contributed by atoms with Crippen LogP contribution in [0, 0.1) is 5.82 Å². The lowest BCUT2D eigenvalue weighted by Crippen LogP contribution is -2.29. The molecule has 0 fully saturated rings. The van der Waals surface area contributed by atoms with Crippen LogP contribution in [0.1, 0.15) is 11.1 Å². The zero-order valence-corrected chi connectivity index (χ0v) is 12.5. The number of rotatable bonds is 4. The molecule has 2 aromatic carbocycles. The van der Waals surface area contributed by atoms with Crippen molar-refractivity contribution in [3.63, 3.8) is 0 Å². The van der Waals surface area contributed by atoms with Crippen molar-refractivity contribution in [2.24, 2.45) is 0 Å². The van der Waals surface area contributed by atoms with Gasteiger partial charge in [0.25, 0.3) is 0 Å². The first kappa shape index (κ1) is 13.6. The normalized spacial score (nSPS) is 16.8. The van der Waals surface area contributed by atoms with Gasteiger partial charge in [0.1, 0.15) is 17.7 Å². The standard InChI is InChI=1S/C16H15BrFNO/c17-13-5-6-16-12(7-13)8-14(20-16)10-19-9-11-3-1-2-4-15(11)18/h1-7,14,19H,8-10H2. The molecule has 20 heavy (non-hydrogen) atoms. The van der Waals surface area contributed by atoms with Crippen molar-refractivity contribution in [3.05, 3.63) is 63.9 Å². The SMILES string of the molecule is Fc1ccccc1CNCC1Cc2cc(Br)ccc2O1. The molecule has 0 aromatic heterocycles. The highest BCUT2D eigenvalue weighted by Gasteiger charge is 2.22. The van der Waals surface area contributed by atoms with Gasteiger partial charge in [0, 0.05) is 29.5 Å². The summed E-state index contributed by atoms with van der Waals surface area (Å²) in [5, 5.41) is 3.26. The summed E-state index contributed by atoms with van der Waals surface area (Å²) in [6.07, 6.45) is 1.00. The molecule has 0 spiro atoms. The largest absolute Gasteiger partial charge is 0.488 e. The van der Waals surface area contributed by atoms with Gasteiger partial charge in [0.05, 0.1) is 0 Å². The zero-order chi connectivity index (χ0) is 13.9. The second kappa shape index (κ2) is 5.94. The van der Waals surface area contributed by atoms with Crippen LogP contribution in [0.15, 0.2) is 46.9 Å². The van der Waals surface area contributed by atoms with Gasteiger partial charge in [-0.25, -0.2) is 4.39 Å². The molecule has 1 aliphatic rings. The highest BCUT2D eigenvalue weighted by Crippen LogP contribution is 2.30. The molecule has 104 valence electrons. The highest BCUT2D eigenvalue weighted by molar-refractivity contribution is 9.10. The highest BCUT2D eigenvalue weighted by atomic mass is 79.9. The lowest BCUT2D eigenvalue weighted by Gasteiger charge is -2.12. The number of benzene rings is 2. The minimum atomic E-state index is -0.167. The average Bonchev–Trinajstić information content (AvgIpc) is 2.83. The summed E-state index contributed by atoms with van der Waals surface area (Å²) in [7, 11) is 0. The van der Waals surface area contributed by atoms with E-state index in [1.165, 1.54) is 11.6 Å². The zero-order valence-electron chi connectivity index (χ0n) is 10.9. The van der Waals surface area contributed by atoms with Crippen molar-refractivity contribution in [1.82, 2.24) is 5.32 Å². The molecule has 2 nitrogen and oxygen atoms in total. The fourth-order valence-corrected chi connectivity index (χ4v) is 2.82. The van der Waals surface area contributed by atoms with Crippen LogP contribution in [0.25, 0.3) is 0 Å². The van der Waals surface area contributed by atoms with Crippen molar-refractivity contribution < 1.29 is 9.13 Å². The minimum Gasteiger partial charge on any atom is -0.488 e. The van der Waals surface area contributed by atoms with Crippen molar-refractivity contribution in [2.45, 2.75) is 19.1 Å². The van der Waals surface area contributed by atoms with Crippen LogP contribution >= 0.6 is 15.9 Å². The Morgan fingerprint density at radius 2 is 2.10 bits per heavy atom. The van der Waals surface area contributed by atoms with Crippen LogP contribution in [0.3, 0.4) is 0 Å². The monoisotopic (exact) mass is 335 g/mol. The van der Waals surface area contributed by atoms with Gasteiger partial charge < -0.3 is 10.1 Å². The third kappa shape index (κ3) is 3.02. The van der Waals surface area contributed by atoms with E-state index in [2.05, 4.69) is 27.3 Å². The summed E-state index contributed by atoms with van der Waals surface area (Å²) in [5.41, 5.74) is 1.91.